The molecule has 1 aliphatic rings. The molecule has 0 bridgehead atoms. The second kappa shape index (κ2) is 7.40. The van der Waals surface area contributed by atoms with Crippen LogP contribution in [0.5, 0.6) is 5.75 Å². The third-order valence-corrected chi connectivity index (χ3v) is 6.22. The van der Waals surface area contributed by atoms with Gasteiger partial charge in [0.1, 0.15) is 15.6 Å². The van der Waals surface area contributed by atoms with Crippen molar-refractivity contribution in [1.82, 2.24) is 0 Å². The van der Waals surface area contributed by atoms with Crippen LogP contribution in [-0.2, 0) is 21.1 Å². The highest BCUT2D eigenvalue weighted by Gasteiger charge is 2.33. The van der Waals surface area contributed by atoms with Crippen LogP contribution in [0.15, 0.2) is 18.2 Å². The Morgan fingerprint density at radius 1 is 1.31 bits per heavy atom. The number of alkyl halides is 3. The molecule has 0 saturated carbocycles. The lowest BCUT2D eigenvalue weighted by Gasteiger charge is -2.37. The predicted octanol–water partition coefficient (Wildman–Crippen LogP) is 1.46. The van der Waals surface area contributed by atoms with Gasteiger partial charge in [0.2, 0.25) is 0 Å². The van der Waals surface area contributed by atoms with Crippen molar-refractivity contribution >= 4 is 32.8 Å². The number of carbonyl (C=O) groups is 1. The van der Waals surface area contributed by atoms with Gasteiger partial charge in [-0.05, 0) is 31.0 Å². The molecule has 26 heavy (non-hydrogen) atoms. The fourth-order valence-corrected chi connectivity index (χ4v) is 4.83. The molecule has 0 spiro atoms. The summed E-state index contributed by atoms with van der Waals surface area (Å²) in [5.41, 5.74) is -1.09. The molecule has 1 aromatic carbocycles. The normalized spacial score (nSPS) is 18.9. The van der Waals surface area contributed by atoms with Crippen molar-refractivity contribution in [1.29, 1.82) is 0 Å². The number of rotatable bonds is 5. The third kappa shape index (κ3) is 5.08. The number of halogens is 3. The van der Waals surface area contributed by atoms with E-state index >= 15 is 0 Å². The molecule has 1 fully saturated rings. The van der Waals surface area contributed by atoms with Crippen molar-refractivity contribution in [3.8, 4) is 5.75 Å². The van der Waals surface area contributed by atoms with E-state index in [1.807, 2.05) is 0 Å². The molecule has 2 rings (SSSR count). The van der Waals surface area contributed by atoms with E-state index in [9.17, 15) is 40.3 Å². The number of carboxylic acids is 1. The fourth-order valence-electron chi connectivity index (χ4n) is 2.59. The van der Waals surface area contributed by atoms with E-state index in [4.69, 9.17) is 0 Å². The van der Waals surface area contributed by atoms with Gasteiger partial charge in [-0.25, -0.2) is 13.2 Å². The number of carboxylic acid groups (broad SMARTS) is 1. The second-order valence-corrected chi connectivity index (χ2v) is 8.59. The van der Waals surface area contributed by atoms with Crippen molar-refractivity contribution in [2.75, 3.05) is 15.8 Å². The van der Waals surface area contributed by atoms with E-state index in [1.54, 1.807) is 0 Å². The first-order valence-electron chi connectivity index (χ1n) is 7.12. The van der Waals surface area contributed by atoms with Crippen molar-refractivity contribution in [2.24, 2.45) is 0 Å². The number of aromatic carboxylic acids is 1. The average molecular weight is 416 g/mol. The zero-order valence-corrected chi connectivity index (χ0v) is 14.6. The molecule has 146 valence electrons. The van der Waals surface area contributed by atoms with Gasteiger partial charge in [0.05, 0.1) is 22.8 Å². The summed E-state index contributed by atoms with van der Waals surface area (Å²) in [6.45, 7) is 0. The number of hydrogen-bond donors (Lipinski definition) is 1. The van der Waals surface area contributed by atoms with E-state index in [-0.39, 0.29) is 30.0 Å². The SMILES string of the molecule is O=C(O)c1cc(OC(F)(F)F)ccc1N(C1CCS(=O)(=O)CC1)S(=O)[O-]. The number of nitrogens with zero attached hydrogens (tertiary/aromatic N) is 1. The molecule has 0 aromatic heterocycles. The lowest BCUT2D eigenvalue weighted by Crippen LogP contribution is -2.43. The van der Waals surface area contributed by atoms with Crippen LogP contribution >= 0.6 is 0 Å². The highest BCUT2D eigenvalue weighted by molar-refractivity contribution is 7.91. The molecule has 0 radical (unpaired) electrons. The maximum Gasteiger partial charge on any atom is 0.573 e. The number of hydrogen-bond acceptors (Lipinski definition) is 6. The van der Waals surface area contributed by atoms with Gasteiger partial charge in [-0.3, -0.25) is 8.51 Å². The second-order valence-electron chi connectivity index (χ2n) is 5.46. The Balaban J connectivity index is 2.42. The summed E-state index contributed by atoms with van der Waals surface area (Å²) in [5.74, 6) is -3.03. The van der Waals surface area contributed by atoms with Gasteiger partial charge < -0.3 is 14.4 Å². The lowest BCUT2D eigenvalue weighted by atomic mass is 10.1. The number of ether oxygens (including phenoxy) is 1. The molecule has 8 nitrogen and oxygen atoms in total. The van der Waals surface area contributed by atoms with Crippen LogP contribution in [0.25, 0.3) is 0 Å². The maximum absolute atomic E-state index is 12.3. The largest absolute Gasteiger partial charge is 0.755 e. The minimum atomic E-state index is -5.05. The monoisotopic (exact) mass is 416 g/mol. The van der Waals surface area contributed by atoms with Crippen molar-refractivity contribution in [2.45, 2.75) is 25.2 Å². The molecule has 1 aliphatic heterocycles. The Morgan fingerprint density at radius 3 is 2.35 bits per heavy atom. The summed E-state index contributed by atoms with van der Waals surface area (Å²) in [6, 6.07) is 1.40. The van der Waals surface area contributed by atoms with Crippen molar-refractivity contribution in [3.63, 3.8) is 0 Å². The first-order chi connectivity index (χ1) is 11.9. The molecule has 1 saturated heterocycles. The highest BCUT2D eigenvalue weighted by Crippen LogP contribution is 2.33. The van der Waals surface area contributed by atoms with Gasteiger partial charge in [0, 0.05) is 17.3 Å². The Kier molecular flexibility index (Phi) is 5.82. The van der Waals surface area contributed by atoms with Crippen LogP contribution in [-0.4, -0.2) is 52.2 Å². The smallest absolute Gasteiger partial charge is 0.573 e. The molecule has 0 aliphatic carbocycles. The quantitative estimate of drug-likeness (QED) is 0.721. The minimum absolute atomic E-state index is 0.0594. The Morgan fingerprint density at radius 2 is 1.88 bits per heavy atom. The van der Waals surface area contributed by atoms with Crippen LogP contribution in [0.3, 0.4) is 0 Å². The van der Waals surface area contributed by atoms with Gasteiger partial charge >= 0.3 is 12.3 Å². The molecular weight excluding hydrogens is 403 g/mol. The van der Waals surface area contributed by atoms with E-state index < -0.39 is 50.8 Å². The van der Waals surface area contributed by atoms with Crippen LogP contribution in [0.2, 0.25) is 0 Å². The summed E-state index contributed by atoms with van der Waals surface area (Å²) >= 11 is -2.97. The fraction of sp³-hybridized carbons (Fsp3) is 0.462. The number of anilines is 1. The Bertz CT molecular complexity index is 812. The molecule has 1 aromatic rings. The highest BCUT2D eigenvalue weighted by atomic mass is 32.2. The summed E-state index contributed by atoms with van der Waals surface area (Å²) < 4.78 is 87.4. The van der Waals surface area contributed by atoms with Gasteiger partial charge in [0.15, 0.2) is 0 Å². The van der Waals surface area contributed by atoms with Crippen LogP contribution in [0.1, 0.15) is 23.2 Å². The number of sulfone groups is 1. The maximum atomic E-state index is 12.3. The third-order valence-electron chi connectivity index (χ3n) is 3.69. The molecule has 1 heterocycles. The van der Waals surface area contributed by atoms with Crippen LogP contribution < -0.4 is 9.04 Å². The summed E-state index contributed by atoms with van der Waals surface area (Å²) in [6.07, 6.45) is -5.16. The van der Waals surface area contributed by atoms with Gasteiger partial charge in [-0.15, -0.1) is 13.2 Å². The lowest BCUT2D eigenvalue weighted by molar-refractivity contribution is -0.274. The van der Waals surface area contributed by atoms with Gasteiger partial charge in [0.25, 0.3) is 0 Å². The minimum Gasteiger partial charge on any atom is -0.755 e. The summed E-state index contributed by atoms with van der Waals surface area (Å²) in [7, 11) is -3.30. The van der Waals surface area contributed by atoms with Crippen molar-refractivity contribution < 1.29 is 45.0 Å². The molecule has 0 amide bonds. The average Bonchev–Trinajstić information content (AvgIpc) is 2.48. The summed E-state index contributed by atoms with van der Waals surface area (Å²) in [4.78, 5) is 11.4. The molecular formula is C13H13F3NO7S2-. The standard InChI is InChI=1S/C13H14F3NO7S2/c14-13(15,16)24-9-1-2-11(10(7-9)12(18)19)17(25(20)21)8-3-5-26(22,23)6-4-8/h1-2,7-8H,3-6H2,(H,18,19)(H,20,21)/p-1. The van der Waals surface area contributed by atoms with Gasteiger partial charge in [-0.2, -0.15) is 0 Å². The number of benzene rings is 1. The first kappa shape index (κ1) is 20.5. The Labute approximate surface area is 148 Å². The molecule has 1 unspecified atom stereocenters. The van der Waals surface area contributed by atoms with E-state index in [0.29, 0.717) is 10.4 Å². The van der Waals surface area contributed by atoms with Crippen LogP contribution in [0, 0.1) is 0 Å². The van der Waals surface area contributed by atoms with E-state index in [0.717, 1.165) is 12.1 Å². The van der Waals surface area contributed by atoms with Gasteiger partial charge in [-0.1, -0.05) is 0 Å². The predicted molar refractivity (Wildman–Crippen MR) is 83.2 cm³/mol. The first-order valence-corrected chi connectivity index (χ1v) is 9.97. The van der Waals surface area contributed by atoms with Crippen LogP contribution in [0.4, 0.5) is 18.9 Å². The zero-order valence-electron chi connectivity index (χ0n) is 12.9. The molecule has 13 heteroatoms. The summed E-state index contributed by atoms with van der Waals surface area (Å²) in [5, 5.41) is 9.24. The molecule has 1 atom stereocenters. The molecule has 1 N–H and O–H groups in total. The van der Waals surface area contributed by atoms with E-state index in [1.165, 1.54) is 0 Å². The topological polar surface area (TPSA) is 124 Å². The van der Waals surface area contributed by atoms with Crippen molar-refractivity contribution in [3.05, 3.63) is 23.8 Å². The zero-order chi connectivity index (χ0) is 19.7. The van der Waals surface area contributed by atoms with E-state index in [2.05, 4.69) is 4.74 Å². The Hall–Kier alpha value is -1.86.